The molecule has 0 atom stereocenters. The fourth-order valence-corrected chi connectivity index (χ4v) is 0.589. The van der Waals surface area contributed by atoms with Gasteiger partial charge in [-0.15, -0.1) is 0 Å². The van der Waals surface area contributed by atoms with E-state index in [1.165, 1.54) is 0 Å². The Morgan fingerprint density at radius 3 is 1.18 bits per heavy atom. The number of quaternary nitrogens is 2. The lowest BCUT2D eigenvalue weighted by atomic mass is 10.7. The third kappa shape index (κ3) is 9.88. The van der Waals surface area contributed by atoms with Crippen LogP contribution in [0.3, 0.4) is 0 Å². The first-order valence-electron chi connectivity index (χ1n) is 3.89. The van der Waals surface area contributed by atoms with Gasteiger partial charge in [-0.05, 0) is 0 Å². The van der Waals surface area contributed by atoms with E-state index in [0.717, 1.165) is 22.4 Å². The van der Waals surface area contributed by atoms with E-state index in [9.17, 15) is 0 Å². The summed E-state index contributed by atoms with van der Waals surface area (Å²) in [6.45, 7) is 1.55. The maximum Gasteiger partial charge on any atom is 0.188 e. The highest BCUT2D eigenvalue weighted by Gasteiger charge is 2.11. The maximum absolute atomic E-state index is 5.51. The highest BCUT2D eigenvalue weighted by Crippen LogP contribution is 1.94. The van der Waals surface area contributed by atoms with Gasteiger partial charge in [0, 0.05) is 0 Å². The average Bonchev–Trinajstić information content (AvgIpc) is 1.55. The number of ether oxygens (including phenoxy) is 1. The van der Waals surface area contributed by atoms with Crippen molar-refractivity contribution in [2.24, 2.45) is 0 Å². The van der Waals surface area contributed by atoms with Gasteiger partial charge < -0.3 is 8.97 Å². The fraction of sp³-hybridized carbons (Fsp3) is 1.00. The topological polar surface area (TPSA) is 9.23 Å². The number of rotatable bonds is 4. The van der Waals surface area contributed by atoms with Crippen LogP contribution < -0.4 is 0 Å². The van der Waals surface area contributed by atoms with Crippen molar-refractivity contribution in [1.82, 2.24) is 0 Å². The smallest absolute Gasteiger partial charge is 0.188 e. The monoisotopic (exact) mass is 162 g/mol. The van der Waals surface area contributed by atoms with Gasteiger partial charge in [0.1, 0.15) is 0 Å². The molecule has 0 fully saturated rings. The van der Waals surface area contributed by atoms with Crippen LogP contribution in [-0.2, 0) is 4.74 Å². The molecule has 3 heteroatoms. The minimum Gasteiger partial charge on any atom is -0.308 e. The minimum absolute atomic E-state index is 0.773. The zero-order chi connectivity index (χ0) is 9.12. The first-order chi connectivity index (χ1) is 4.71. The van der Waals surface area contributed by atoms with Crippen molar-refractivity contribution in [3.05, 3.63) is 0 Å². The third-order valence-corrected chi connectivity index (χ3v) is 0.957. The van der Waals surface area contributed by atoms with Crippen LogP contribution in [0, 0.1) is 0 Å². The molecule has 0 aromatic carbocycles. The highest BCUT2D eigenvalue weighted by molar-refractivity contribution is 4.08. The fourth-order valence-electron chi connectivity index (χ4n) is 0.589. The first kappa shape index (κ1) is 10.9. The second-order valence-electron chi connectivity index (χ2n) is 5.04. The normalized spacial score (nSPS) is 13.6. The summed E-state index contributed by atoms with van der Waals surface area (Å²) in [6.07, 6.45) is 0. The molecule has 11 heavy (non-hydrogen) atoms. The molecule has 0 rings (SSSR count). The summed E-state index contributed by atoms with van der Waals surface area (Å²) in [5.41, 5.74) is 0. The van der Waals surface area contributed by atoms with Gasteiger partial charge in [-0.3, -0.25) is 4.74 Å². The molecule has 0 amide bonds. The molecule has 0 bridgehead atoms. The Balaban J connectivity index is 3.44. The number of hydrogen-bond donors (Lipinski definition) is 0. The number of hydrogen-bond acceptors (Lipinski definition) is 1. The molecule has 0 unspecified atom stereocenters. The zero-order valence-corrected chi connectivity index (χ0v) is 8.72. The Morgan fingerprint density at radius 1 is 0.727 bits per heavy atom. The Kier molecular flexibility index (Phi) is 3.48. The summed E-state index contributed by atoms with van der Waals surface area (Å²) in [5, 5.41) is 0. The van der Waals surface area contributed by atoms with Crippen molar-refractivity contribution in [1.29, 1.82) is 0 Å². The van der Waals surface area contributed by atoms with Gasteiger partial charge >= 0.3 is 0 Å². The van der Waals surface area contributed by atoms with E-state index in [4.69, 9.17) is 4.74 Å². The molecule has 3 nitrogen and oxygen atoms in total. The molecular weight excluding hydrogens is 140 g/mol. The van der Waals surface area contributed by atoms with E-state index >= 15 is 0 Å². The van der Waals surface area contributed by atoms with Crippen LogP contribution >= 0.6 is 0 Å². The zero-order valence-electron chi connectivity index (χ0n) is 8.72. The Labute approximate surface area is 70.3 Å². The van der Waals surface area contributed by atoms with Gasteiger partial charge in [0.15, 0.2) is 13.5 Å². The van der Waals surface area contributed by atoms with Crippen molar-refractivity contribution < 1.29 is 13.7 Å². The van der Waals surface area contributed by atoms with Crippen molar-refractivity contribution in [2.45, 2.75) is 0 Å². The van der Waals surface area contributed by atoms with Crippen molar-refractivity contribution in [3.63, 3.8) is 0 Å². The molecular formula is C8H22N2O+2. The molecule has 68 valence electrons. The van der Waals surface area contributed by atoms with E-state index < -0.39 is 0 Å². The average molecular weight is 162 g/mol. The molecule has 0 aliphatic heterocycles. The van der Waals surface area contributed by atoms with E-state index in [1.807, 2.05) is 0 Å². The lowest BCUT2D eigenvalue weighted by Gasteiger charge is -2.27. The quantitative estimate of drug-likeness (QED) is 0.427. The van der Waals surface area contributed by atoms with Crippen molar-refractivity contribution >= 4 is 0 Å². The van der Waals surface area contributed by atoms with Crippen molar-refractivity contribution in [3.8, 4) is 0 Å². The Bertz CT molecular complexity index is 96.2. The van der Waals surface area contributed by atoms with Crippen LogP contribution in [0.4, 0.5) is 0 Å². The highest BCUT2D eigenvalue weighted by atomic mass is 16.5. The molecule has 0 aromatic rings. The molecule has 0 spiro atoms. The van der Waals surface area contributed by atoms with Gasteiger partial charge in [0.2, 0.25) is 0 Å². The van der Waals surface area contributed by atoms with Gasteiger partial charge in [-0.1, -0.05) is 0 Å². The summed E-state index contributed by atoms with van der Waals surface area (Å²) in [7, 11) is 12.7. The van der Waals surface area contributed by atoms with E-state index in [2.05, 4.69) is 42.3 Å². The largest absolute Gasteiger partial charge is 0.308 e. The molecule has 0 aliphatic carbocycles. The van der Waals surface area contributed by atoms with E-state index in [1.54, 1.807) is 0 Å². The molecule has 0 N–H and O–H groups in total. The van der Waals surface area contributed by atoms with Crippen molar-refractivity contribution in [2.75, 3.05) is 55.7 Å². The van der Waals surface area contributed by atoms with Crippen LogP contribution in [-0.4, -0.2) is 64.7 Å². The predicted octanol–water partition coefficient (Wildman–Crippen LogP) is 0.330. The second kappa shape index (κ2) is 3.52. The van der Waals surface area contributed by atoms with E-state index in [0.29, 0.717) is 0 Å². The SMILES string of the molecule is C[N+](C)(C)COC[N+](C)(C)C. The first-order valence-corrected chi connectivity index (χ1v) is 3.89. The molecule has 0 radical (unpaired) electrons. The molecule has 0 aromatic heterocycles. The minimum atomic E-state index is 0.773. The number of nitrogens with zero attached hydrogens (tertiary/aromatic N) is 2. The summed E-state index contributed by atoms with van der Waals surface area (Å²) in [6, 6.07) is 0. The predicted molar refractivity (Wildman–Crippen MR) is 46.9 cm³/mol. The third-order valence-electron chi connectivity index (χ3n) is 0.957. The molecule has 0 saturated carbocycles. The standard InChI is InChI=1S/C8H22N2O/c1-9(2,3)7-11-8-10(4,5)6/h7-8H2,1-6H3/q+2. The lowest BCUT2D eigenvalue weighted by molar-refractivity contribution is -0.926. The second-order valence-corrected chi connectivity index (χ2v) is 5.04. The summed E-state index contributed by atoms with van der Waals surface area (Å²) < 4.78 is 7.23. The van der Waals surface area contributed by atoms with Crippen LogP contribution in [0.1, 0.15) is 0 Å². The van der Waals surface area contributed by atoms with Gasteiger partial charge in [0.05, 0.1) is 42.3 Å². The van der Waals surface area contributed by atoms with Gasteiger partial charge in [0.25, 0.3) is 0 Å². The lowest BCUT2D eigenvalue weighted by Crippen LogP contribution is -2.42. The maximum atomic E-state index is 5.51. The van der Waals surface area contributed by atoms with Crippen LogP contribution in [0.25, 0.3) is 0 Å². The molecule has 0 heterocycles. The summed E-state index contributed by atoms with van der Waals surface area (Å²) >= 11 is 0. The van der Waals surface area contributed by atoms with Gasteiger partial charge in [-0.25, -0.2) is 0 Å². The Morgan fingerprint density at radius 2 is 1.00 bits per heavy atom. The van der Waals surface area contributed by atoms with Crippen LogP contribution in [0.2, 0.25) is 0 Å². The van der Waals surface area contributed by atoms with Crippen LogP contribution in [0.5, 0.6) is 0 Å². The van der Waals surface area contributed by atoms with Crippen LogP contribution in [0.15, 0.2) is 0 Å². The molecule has 0 aliphatic rings. The summed E-state index contributed by atoms with van der Waals surface area (Å²) in [4.78, 5) is 0. The summed E-state index contributed by atoms with van der Waals surface area (Å²) in [5.74, 6) is 0. The Hall–Kier alpha value is -0.120. The molecule has 0 saturated heterocycles. The van der Waals surface area contributed by atoms with Gasteiger partial charge in [-0.2, -0.15) is 0 Å². The van der Waals surface area contributed by atoms with E-state index in [-0.39, 0.29) is 0 Å².